The van der Waals surface area contributed by atoms with Gasteiger partial charge >= 0.3 is 6.36 Å². The Morgan fingerprint density at radius 3 is 2.52 bits per heavy atom. The number of hydrogen-bond acceptors (Lipinski definition) is 4. The fraction of sp³-hybridized carbons (Fsp3) is 0.588. The molecule has 27 heavy (non-hydrogen) atoms. The van der Waals surface area contributed by atoms with Gasteiger partial charge in [-0.1, -0.05) is 12.1 Å². The van der Waals surface area contributed by atoms with Crippen LogP contribution in [0.3, 0.4) is 0 Å². The minimum absolute atomic E-state index is 0. The molecular formula is C17H23Cl2F3N2O3. The van der Waals surface area contributed by atoms with E-state index in [1.807, 2.05) is 4.90 Å². The summed E-state index contributed by atoms with van der Waals surface area (Å²) in [6.45, 7) is 2.85. The van der Waals surface area contributed by atoms with Gasteiger partial charge in [0.25, 0.3) is 0 Å². The van der Waals surface area contributed by atoms with Crippen molar-refractivity contribution < 1.29 is 27.4 Å². The average Bonchev–Trinajstić information content (AvgIpc) is 3.10. The van der Waals surface area contributed by atoms with Crippen LogP contribution in [-0.2, 0) is 16.0 Å². The van der Waals surface area contributed by atoms with Crippen molar-refractivity contribution in [1.29, 1.82) is 0 Å². The van der Waals surface area contributed by atoms with Crippen molar-refractivity contribution in [3.05, 3.63) is 29.8 Å². The van der Waals surface area contributed by atoms with E-state index in [0.29, 0.717) is 31.8 Å². The molecular weight excluding hydrogens is 408 g/mol. The summed E-state index contributed by atoms with van der Waals surface area (Å²) in [7, 11) is 1.68. The molecule has 1 aromatic carbocycles. The number of aryl methyl sites for hydroxylation is 1. The molecule has 2 saturated heterocycles. The summed E-state index contributed by atoms with van der Waals surface area (Å²) in [5.41, 5.74) is 0.511. The van der Waals surface area contributed by atoms with Gasteiger partial charge in [-0.2, -0.15) is 0 Å². The standard InChI is InChI=1S/C17H21F3N2O3.2ClH/c1-24-16-10-21-8-13(16)9-22(11-16)15(23)7-4-12-2-5-14(6-3-12)25-17(18,19)20;;/h2-3,5-6,13,21H,4,7-11H2,1H3;2*1H/t13-,16+;;/m1../s1. The highest BCUT2D eigenvalue weighted by Crippen LogP contribution is 2.34. The molecule has 1 N–H and O–H groups in total. The fourth-order valence-corrected chi connectivity index (χ4v) is 3.62. The molecule has 2 atom stereocenters. The second kappa shape index (κ2) is 9.32. The second-order valence-electron chi connectivity index (χ2n) is 6.56. The predicted molar refractivity (Wildman–Crippen MR) is 98.6 cm³/mol. The lowest BCUT2D eigenvalue weighted by Crippen LogP contribution is -2.42. The number of alkyl halides is 3. The lowest BCUT2D eigenvalue weighted by atomic mass is 9.95. The van der Waals surface area contributed by atoms with Gasteiger partial charge in [0, 0.05) is 39.1 Å². The number of methoxy groups -OCH3 is 1. The summed E-state index contributed by atoms with van der Waals surface area (Å²) in [6, 6.07) is 5.62. The van der Waals surface area contributed by atoms with Crippen LogP contribution in [0.2, 0.25) is 0 Å². The topological polar surface area (TPSA) is 50.8 Å². The highest BCUT2D eigenvalue weighted by molar-refractivity contribution is 5.85. The molecule has 154 valence electrons. The van der Waals surface area contributed by atoms with E-state index >= 15 is 0 Å². The number of carbonyl (C=O) groups is 1. The van der Waals surface area contributed by atoms with Crippen LogP contribution >= 0.6 is 24.8 Å². The van der Waals surface area contributed by atoms with Gasteiger partial charge in [0.05, 0.1) is 6.54 Å². The van der Waals surface area contributed by atoms with E-state index in [4.69, 9.17) is 4.74 Å². The SMILES string of the molecule is CO[C@]12CNC[C@@H]1CN(C(=O)CCc1ccc(OC(F)(F)F)cc1)C2.Cl.Cl. The van der Waals surface area contributed by atoms with Gasteiger partial charge in [0.1, 0.15) is 11.4 Å². The minimum atomic E-state index is -4.70. The second-order valence-corrected chi connectivity index (χ2v) is 6.56. The summed E-state index contributed by atoms with van der Waals surface area (Å²) in [5.74, 6) is 0.0891. The molecule has 2 aliphatic rings. The first kappa shape index (κ1) is 23.8. The number of ether oxygens (including phenoxy) is 2. The van der Waals surface area contributed by atoms with Crippen LogP contribution in [0.15, 0.2) is 24.3 Å². The van der Waals surface area contributed by atoms with Crippen LogP contribution in [0.5, 0.6) is 5.75 Å². The Kier molecular flexibility index (Phi) is 8.22. The Morgan fingerprint density at radius 2 is 1.96 bits per heavy atom. The number of fused-ring (bicyclic) bond motifs is 1. The summed E-state index contributed by atoms with van der Waals surface area (Å²) in [5, 5.41) is 3.30. The van der Waals surface area contributed by atoms with Gasteiger partial charge in [-0.15, -0.1) is 38.0 Å². The maximum atomic E-state index is 12.4. The van der Waals surface area contributed by atoms with E-state index in [9.17, 15) is 18.0 Å². The highest BCUT2D eigenvalue weighted by Gasteiger charge is 2.51. The Balaban J connectivity index is 0.00000182. The van der Waals surface area contributed by atoms with E-state index in [1.54, 1.807) is 19.2 Å². The molecule has 0 aliphatic carbocycles. The first-order valence-corrected chi connectivity index (χ1v) is 8.20. The third kappa shape index (κ3) is 5.63. The number of nitrogens with one attached hydrogen (secondary N) is 1. The smallest absolute Gasteiger partial charge is 0.406 e. The quantitative estimate of drug-likeness (QED) is 0.780. The van der Waals surface area contributed by atoms with E-state index in [-0.39, 0.29) is 42.1 Å². The summed E-state index contributed by atoms with van der Waals surface area (Å²) < 4.78 is 45.9. The first-order valence-electron chi connectivity index (χ1n) is 8.20. The zero-order valence-electron chi connectivity index (χ0n) is 14.8. The van der Waals surface area contributed by atoms with Crippen LogP contribution in [0.25, 0.3) is 0 Å². The molecule has 5 nitrogen and oxygen atoms in total. The van der Waals surface area contributed by atoms with Crippen LogP contribution in [0, 0.1) is 5.92 Å². The van der Waals surface area contributed by atoms with E-state index < -0.39 is 6.36 Å². The maximum absolute atomic E-state index is 12.4. The zero-order valence-corrected chi connectivity index (χ0v) is 16.4. The van der Waals surface area contributed by atoms with Gasteiger partial charge in [0.15, 0.2) is 0 Å². The predicted octanol–water partition coefficient (Wildman–Crippen LogP) is 2.81. The number of halogens is 5. The number of rotatable bonds is 5. The van der Waals surface area contributed by atoms with Crippen molar-refractivity contribution in [1.82, 2.24) is 10.2 Å². The number of carbonyl (C=O) groups excluding carboxylic acids is 1. The lowest BCUT2D eigenvalue weighted by molar-refractivity contribution is -0.274. The summed E-state index contributed by atoms with van der Waals surface area (Å²) in [4.78, 5) is 14.3. The van der Waals surface area contributed by atoms with Gasteiger partial charge < -0.3 is 19.7 Å². The van der Waals surface area contributed by atoms with Crippen LogP contribution in [0.1, 0.15) is 12.0 Å². The molecule has 2 aliphatic heterocycles. The summed E-state index contributed by atoms with van der Waals surface area (Å²) >= 11 is 0. The monoisotopic (exact) mass is 430 g/mol. The number of benzene rings is 1. The third-order valence-corrected chi connectivity index (χ3v) is 5.00. The van der Waals surface area contributed by atoms with Gasteiger partial charge in [-0.3, -0.25) is 4.79 Å². The van der Waals surface area contributed by atoms with Gasteiger partial charge in [0.2, 0.25) is 5.91 Å². The van der Waals surface area contributed by atoms with Crippen molar-refractivity contribution in [2.75, 3.05) is 33.3 Å². The van der Waals surface area contributed by atoms with Gasteiger partial charge in [-0.25, -0.2) is 0 Å². The Hall–Kier alpha value is -1.22. The number of hydrogen-bond donors (Lipinski definition) is 1. The molecule has 0 saturated carbocycles. The van der Waals surface area contributed by atoms with E-state index in [1.165, 1.54) is 12.1 Å². The molecule has 1 aromatic rings. The number of likely N-dealkylation sites (tertiary alicyclic amines) is 1. The molecule has 0 unspecified atom stereocenters. The lowest BCUT2D eigenvalue weighted by Gasteiger charge is -2.26. The number of nitrogens with zero attached hydrogens (tertiary/aromatic N) is 1. The molecule has 2 fully saturated rings. The molecule has 0 aromatic heterocycles. The Bertz CT molecular complexity index is 631. The molecule has 2 heterocycles. The van der Waals surface area contributed by atoms with Crippen molar-refractivity contribution in [2.45, 2.75) is 24.8 Å². The van der Waals surface area contributed by atoms with Crippen LogP contribution in [-0.4, -0.2) is 56.1 Å². The van der Waals surface area contributed by atoms with Crippen molar-refractivity contribution in [2.24, 2.45) is 5.92 Å². The van der Waals surface area contributed by atoms with Crippen LogP contribution in [0.4, 0.5) is 13.2 Å². The average molecular weight is 431 g/mol. The molecule has 0 bridgehead atoms. The summed E-state index contributed by atoms with van der Waals surface area (Å²) in [6.07, 6.45) is -3.90. The minimum Gasteiger partial charge on any atom is -0.406 e. The van der Waals surface area contributed by atoms with Crippen molar-refractivity contribution in [3.8, 4) is 5.75 Å². The molecule has 1 amide bonds. The zero-order chi connectivity index (χ0) is 18.1. The maximum Gasteiger partial charge on any atom is 0.573 e. The van der Waals surface area contributed by atoms with E-state index in [0.717, 1.165) is 18.7 Å². The van der Waals surface area contributed by atoms with Crippen LogP contribution < -0.4 is 10.1 Å². The largest absolute Gasteiger partial charge is 0.573 e. The first-order chi connectivity index (χ1) is 11.8. The molecule has 10 heteroatoms. The molecule has 0 radical (unpaired) electrons. The Morgan fingerprint density at radius 1 is 1.30 bits per heavy atom. The third-order valence-electron chi connectivity index (χ3n) is 5.00. The highest BCUT2D eigenvalue weighted by atomic mass is 35.5. The van der Waals surface area contributed by atoms with Crippen molar-refractivity contribution in [3.63, 3.8) is 0 Å². The number of amides is 1. The Labute approximate surface area is 168 Å². The van der Waals surface area contributed by atoms with E-state index in [2.05, 4.69) is 10.1 Å². The fourth-order valence-electron chi connectivity index (χ4n) is 3.62. The molecule has 0 spiro atoms. The van der Waals surface area contributed by atoms with Gasteiger partial charge in [-0.05, 0) is 24.1 Å². The normalized spacial score (nSPS) is 24.0. The van der Waals surface area contributed by atoms with Crippen molar-refractivity contribution >= 4 is 30.7 Å². The molecule has 3 rings (SSSR count).